The highest BCUT2D eigenvalue weighted by Crippen LogP contribution is 2.31. The van der Waals surface area contributed by atoms with E-state index < -0.39 is 6.04 Å². The summed E-state index contributed by atoms with van der Waals surface area (Å²) in [6, 6.07) is 28.1. The molecule has 2 aromatic heterocycles. The summed E-state index contributed by atoms with van der Waals surface area (Å²) < 4.78 is 9.13. The van der Waals surface area contributed by atoms with Crippen LogP contribution in [0, 0.1) is 6.92 Å². The first-order chi connectivity index (χ1) is 19.4. The van der Waals surface area contributed by atoms with E-state index in [2.05, 4.69) is 21.2 Å². The average Bonchev–Trinajstić information content (AvgIpc) is 3.54. The van der Waals surface area contributed by atoms with Gasteiger partial charge in [-0.2, -0.15) is 0 Å². The monoisotopic (exact) mass is 609 g/mol. The number of halogens is 1. The van der Waals surface area contributed by atoms with Crippen LogP contribution < -0.4 is 20.2 Å². The van der Waals surface area contributed by atoms with Gasteiger partial charge in [0.1, 0.15) is 11.5 Å². The molecule has 6 rings (SSSR count). The number of hydrogen-bond donors (Lipinski definition) is 1. The zero-order chi connectivity index (χ0) is 27.8. The van der Waals surface area contributed by atoms with Crippen LogP contribution in [0.25, 0.3) is 17.4 Å². The number of amides is 1. The predicted octanol–water partition coefficient (Wildman–Crippen LogP) is 6.20. The molecule has 0 fully saturated rings. The molecule has 0 radical (unpaired) electrons. The van der Waals surface area contributed by atoms with Crippen molar-refractivity contribution in [2.24, 2.45) is 4.99 Å². The van der Waals surface area contributed by atoms with E-state index >= 15 is 0 Å². The van der Waals surface area contributed by atoms with Crippen LogP contribution in [-0.2, 0) is 4.79 Å². The number of anilines is 1. The minimum Gasteiger partial charge on any atom is -0.457 e. The van der Waals surface area contributed by atoms with Crippen molar-refractivity contribution >= 4 is 44.9 Å². The second-order valence-electron chi connectivity index (χ2n) is 9.47. The van der Waals surface area contributed by atoms with Crippen LogP contribution >= 0.6 is 27.3 Å². The third-order valence-corrected chi connectivity index (χ3v) is 8.32. The number of fused-ring (bicyclic) bond motifs is 1. The molecule has 0 saturated heterocycles. The number of nitrogens with zero attached hydrogens (tertiary/aromatic N) is 2. The van der Waals surface area contributed by atoms with Gasteiger partial charge in [-0.05, 0) is 55.3 Å². The van der Waals surface area contributed by atoms with E-state index in [-0.39, 0.29) is 11.5 Å². The van der Waals surface area contributed by atoms with E-state index in [1.165, 1.54) is 11.3 Å². The van der Waals surface area contributed by atoms with Crippen molar-refractivity contribution in [3.8, 4) is 11.3 Å². The molecule has 3 aromatic carbocycles. The van der Waals surface area contributed by atoms with Gasteiger partial charge in [-0.25, -0.2) is 4.99 Å². The summed E-state index contributed by atoms with van der Waals surface area (Å²) in [5, 5.41) is 3.03. The Morgan fingerprint density at radius 3 is 2.45 bits per heavy atom. The topological polar surface area (TPSA) is 76.6 Å². The van der Waals surface area contributed by atoms with Crippen LogP contribution in [0.5, 0.6) is 0 Å². The maximum Gasteiger partial charge on any atom is 0.271 e. The molecule has 198 valence electrons. The minimum atomic E-state index is -0.626. The first-order valence-electron chi connectivity index (χ1n) is 12.7. The van der Waals surface area contributed by atoms with Crippen LogP contribution in [0.15, 0.2) is 121 Å². The molecule has 1 aliphatic rings. The van der Waals surface area contributed by atoms with Gasteiger partial charge in [-0.3, -0.25) is 14.2 Å². The van der Waals surface area contributed by atoms with E-state index in [4.69, 9.17) is 9.41 Å². The lowest BCUT2D eigenvalue weighted by Crippen LogP contribution is -2.40. The SMILES string of the molecule is CC1=C(C(=O)Nc2ccccc2C)[C@H](c2ccccc2)n2c(sc(=Cc3ccc(-c4ccc(Br)cc4)o3)c2=O)=N1. The third kappa shape index (κ3) is 4.92. The molecular weight excluding hydrogens is 586 g/mol. The smallest absolute Gasteiger partial charge is 0.271 e. The number of para-hydroxylation sites is 1. The Bertz CT molecular complexity index is 1950. The van der Waals surface area contributed by atoms with Gasteiger partial charge in [0.2, 0.25) is 0 Å². The molecule has 1 amide bonds. The molecule has 8 heteroatoms. The van der Waals surface area contributed by atoms with Crippen LogP contribution in [0.2, 0.25) is 0 Å². The van der Waals surface area contributed by atoms with Crippen molar-refractivity contribution < 1.29 is 9.21 Å². The van der Waals surface area contributed by atoms with Gasteiger partial charge in [0.25, 0.3) is 11.5 Å². The maximum atomic E-state index is 13.9. The van der Waals surface area contributed by atoms with E-state index in [9.17, 15) is 9.59 Å². The Kier molecular flexibility index (Phi) is 6.96. The minimum absolute atomic E-state index is 0.229. The van der Waals surface area contributed by atoms with Gasteiger partial charge in [0.05, 0.1) is 21.8 Å². The van der Waals surface area contributed by atoms with Crippen molar-refractivity contribution in [2.75, 3.05) is 5.32 Å². The molecule has 0 aliphatic carbocycles. The summed E-state index contributed by atoms with van der Waals surface area (Å²) >= 11 is 4.73. The second kappa shape index (κ2) is 10.7. The Balaban J connectivity index is 1.44. The van der Waals surface area contributed by atoms with E-state index in [0.717, 1.165) is 26.9 Å². The number of carbonyl (C=O) groups excluding carboxylic acids is 1. The molecule has 6 nitrogen and oxygen atoms in total. The van der Waals surface area contributed by atoms with Crippen molar-refractivity contribution in [3.05, 3.63) is 143 Å². The summed E-state index contributed by atoms with van der Waals surface area (Å²) in [5.74, 6) is 0.983. The number of rotatable bonds is 5. The molecule has 0 saturated carbocycles. The molecule has 1 aliphatic heterocycles. The Morgan fingerprint density at radius 2 is 1.70 bits per heavy atom. The highest BCUT2D eigenvalue weighted by molar-refractivity contribution is 9.10. The summed E-state index contributed by atoms with van der Waals surface area (Å²) in [6.45, 7) is 3.76. The normalized spacial score (nSPS) is 15.1. The molecule has 0 unspecified atom stereocenters. The number of hydrogen-bond acceptors (Lipinski definition) is 5. The van der Waals surface area contributed by atoms with Gasteiger partial charge in [-0.15, -0.1) is 0 Å². The van der Waals surface area contributed by atoms with Crippen LogP contribution in [0.1, 0.15) is 29.9 Å². The zero-order valence-corrected chi connectivity index (χ0v) is 24.1. The molecular formula is C32H24BrN3O3S. The molecule has 0 spiro atoms. The number of carbonyl (C=O) groups is 1. The van der Waals surface area contributed by atoms with Gasteiger partial charge < -0.3 is 9.73 Å². The lowest BCUT2D eigenvalue weighted by atomic mass is 9.95. The van der Waals surface area contributed by atoms with Crippen molar-refractivity contribution in [1.82, 2.24) is 4.57 Å². The van der Waals surface area contributed by atoms with Crippen molar-refractivity contribution in [1.29, 1.82) is 0 Å². The van der Waals surface area contributed by atoms with Gasteiger partial charge in [0.15, 0.2) is 4.80 Å². The molecule has 1 N–H and O–H groups in total. The predicted molar refractivity (Wildman–Crippen MR) is 162 cm³/mol. The first kappa shape index (κ1) is 26.0. The zero-order valence-electron chi connectivity index (χ0n) is 21.7. The quantitative estimate of drug-likeness (QED) is 0.257. The maximum absolute atomic E-state index is 13.9. The van der Waals surface area contributed by atoms with Crippen molar-refractivity contribution in [2.45, 2.75) is 19.9 Å². The molecule has 1 atom stereocenters. The van der Waals surface area contributed by atoms with Crippen LogP contribution in [0.3, 0.4) is 0 Å². The Labute approximate surface area is 242 Å². The molecule has 40 heavy (non-hydrogen) atoms. The Morgan fingerprint density at radius 1 is 0.975 bits per heavy atom. The third-order valence-electron chi connectivity index (χ3n) is 6.80. The number of allylic oxidation sites excluding steroid dienone is 1. The fraction of sp³-hybridized carbons (Fsp3) is 0.0938. The van der Waals surface area contributed by atoms with E-state index in [1.807, 2.05) is 105 Å². The van der Waals surface area contributed by atoms with Gasteiger partial charge in [0, 0.05) is 21.8 Å². The first-order valence-corrected chi connectivity index (χ1v) is 14.3. The Hall–Kier alpha value is -4.27. The van der Waals surface area contributed by atoms with Crippen LogP contribution in [0.4, 0.5) is 5.69 Å². The number of thiazole rings is 1. The highest BCUT2D eigenvalue weighted by Gasteiger charge is 2.32. The largest absolute Gasteiger partial charge is 0.457 e. The van der Waals surface area contributed by atoms with Crippen molar-refractivity contribution in [3.63, 3.8) is 0 Å². The number of benzene rings is 3. The average molecular weight is 611 g/mol. The summed E-state index contributed by atoms with van der Waals surface area (Å²) in [4.78, 5) is 32.9. The lowest BCUT2D eigenvalue weighted by Gasteiger charge is -2.25. The number of aryl methyl sites for hydroxylation is 1. The molecule has 3 heterocycles. The molecule has 0 bridgehead atoms. The van der Waals surface area contributed by atoms with E-state index in [0.29, 0.717) is 32.1 Å². The summed E-state index contributed by atoms with van der Waals surface area (Å²) in [5.41, 5.74) is 4.21. The standard InChI is InChI=1S/C32H24BrN3O3S/c1-19-8-6-7-11-25(19)35-30(37)28-20(2)34-32-36(29(28)22-9-4-3-5-10-22)31(38)27(40-32)18-24-16-17-26(39-24)21-12-14-23(33)15-13-21/h3-18,29H,1-2H3,(H,35,37)/t29-/m0/s1. The molecule has 5 aromatic rings. The fourth-order valence-corrected chi connectivity index (χ4v) is 6.09. The van der Waals surface area contributed by atoms with Gasteiger partial charge >= 0.3 is 0 Å². The summed E-state index contributed by atoms with van der Waals surface area (Å²) in [6.07, 6.45) is 1.74. The lowest BCUT2D eigenvalue weighted by molar-refractivity contribution is -0.113. The van der Waals surface area contributed by atoms with E-state index in [1.54, 1.807) is 10.6 Å². The summed E-state index contributed by atoms with van der Waals surface area (Å²) in [7, 11) is 0. The van der Waals surface area contributed by atoms with Gasteiger partial charge in [-0.1, -0.05) is 87.9 Å². The number of aromatic nitrogens is 1. The highest BCUT2D eigenvalue weighted by atomic mass is 79.9. The second-order valence-corrected chi connectivity index (χ2v) is 11.4. The van der Waals surface area contributed by atoms with Crippen LogP contribution in [-0.4, -0.2) is 10.5 Å². The number of furan rings is 1. The fourth-order valence-electron chi connectivity index (χ4n) is 4.79. The number of nitrogens with one attached hydrogen (secondary N) is 1.